The Balaban J connectivity index is -0.000000000500. The number of hydrogen-bond donors (Lipinski definition) is 0. The summed E-state index contributed by atoms with van der Waals surface area (Å²) in [5.41, 5.74) is 0. The maximum atomic E-state index is 8.25. The molecule has 1 nitrogen and oxygen atoms in total. The third-order valence-electron chi connectivity index (χ3n) is 0. The van der Waals surface area contributed by atoms with Gasteiger partial charge in [-0.1, -0.05) is 0 Å². The molecule has 0 aromatic carbocycles. The minimum atomic E-state index is 0. The van der Waals surface area contributed by atoms with Crippen LogP contribution in [0.2, 0.25) is 0 Å². The van der Waals surface area contributed by atoms with E-state index in [1.165, 1.54) is 0 Å². The summed E-state index contributed by atoms with van der Waals surface area (Å²) in [7, 11) is 0. The second kappa shape index (κ2) is 18.3. The second-order valence-corrected chi connectivity index (χ2v) is 0. The molecule has 4 heavy (non-hydrogen) atoms. The van der Waals surface area contributed by atoms with Crippen LogP contribution in [-0.4, -0.2) is 37.7 Å². The first-order chi connectivity index (χ1) is 1.00. The van der Waals surface area contributed by atoms with Gasteiger partial charge in [0, 0.05) is 0 Å². The van der Waals surface area contributed by atoms with Crippen molar-refractivity contribution in [2.24, 2.45) is 0 Å². The van der Waals surface area contributed by atoms with Crippen molar-refractivity contribution in [2.75, 3.05) is 0 Å². The van der Waals surface area contributed by atoms with Gasteiger partial charge in [0.2, 0.25) is 0 Å². The predicted octanol–water partition coefficient (Wildman–Crippen LogP) is -3.16. The fourth-order valence-electron chi connectivity index (χ4n) is 0. The first-order valence-electron chi connectivity index (χ1n) is 0.204. The molecule has 0 saturated carbocycles. The topological polar surface area (TPSA) is 17.1 Å². The minimum absolute atomic E-state index is 0. The zero-order chi connectivity index (χ0) is 2.00. The van der Waals surface area contributed by atoms with Gasteiger partial charge in [-0.2, -0.15) is 0 Å². The Kier molecular flexibility index (Phi) is 73.8. The van der Waals surface area contributed by atoms with E-state index < -0.39 is 0 Å². The number of rotatable bonds is 0. The normalized spacial score (nSPS) is 0.750. The number of hydrogen-bond acceptors (Lipinski definition) is 1. The summed E-state index contributed by atoms with van der Waals surface area (Å²) in [6, 6.07) is 0. The summed E-state index contributed by atoms with van der Waals surface area (Å²) in [6.45, 7) is 0. The SMILES string of the molecule is [Ca+2].[H-].[H-].[H-].[Li+].[O]=[Ti]. The Bertz CT molecular complexity index is 14.9. The molecule has 0 aromatic heterocycles. The molecule has 0 fully saturated rings. The molecular weight excluding hydrogens is 111 g/mol. The van der Waals surface area contributed by atoms with Gasteiger partial charge in [-0.25, -0.2) is 0 Å². The fourth-order valence-corrected chi connectivity index (χ4v) is 0. The zero-order valence-electron chi connectivity index (χ0n) is 5.62. The van der Waals surface area contributed by atoms with E-state index in [0.29, 0.717) is 0 Å². The van der Waals surface area contributed by atoms with Crippen molar-refractivity contribution >= 4 is 37.7 Å². The first-order valence-corrected chi connectivity index (χ1v) is 0.842. The molecule has 0 amide bonds. The van der Waals surface area contributed by atoms with Gasteiger partial charge in [-0.3, -0.25) is 0 Å². The van der Waals surface area contributed by atoms with Crippen molar-refractivity contribution in [3.8, 4) is 0 Å². The molecule has 0 aliphatic carbocycles. The maximum absolute atomic E-state index is 8.25. The van der Waals surface area contributed by atoms with Crippen LogP contribution in [0.1, 0.15) is 4.28 Å². The first kappa shape index (κ1) is 16.2. The Morgan fingerprint density at radius 3 is 1.50 bits per heavy atom. The van der Waals surface area contributed by atoms with Crippen molar-refractivity contribution in [3.63, 3.8) is 0 Å². The van der Waals surface area contributed by atoms with Gasteiger partial charge in [-0.15, -0.1) is 0 Å². The molecule has 0 radical (unpaired) electrons. The van der Waals surface area contributed by atoms with Crippen LogP contribution in [0.25, 0.3) is 0 Å². The van der Waals surface area contributed by atoms with E-state index in [1.54, 1.807) is 0 Å². The van der Waals surface area contributed by atoms with E-state index in [4.69, 9.17) is 3.32 Å². The van der Waals surface area contributed by atoms with Gasteiger partial charge in [0.15, 0.2) is 0 Å². The Hall–Kier alpha value is 2.37. The molecule has 0 atom stereocenters. The van der Waals surface area contributed by atoms with Crippen molar-refractivity contribution in [3.05, 3.63) is 0 Å². The predicted molar refractivity (Wildman–Crippen MR) is 9.78 cm³/mol. The van der Waals surface area contributed by atoms with Gasteiger partial charge in [-0.05, 0) is 0 Å². The summed E-state index contributed by atoms with van der Waals surface area (Å²) in [5, 5.41) is 0. The van der Waals surface area contributed by atoms with Crippen LogP contribution < -0.4 is 18.9 Å². The molecule has 4 heteroatoms. The molecule has 0 unspecified atom stereocenters. The fraction of sp³-hybridized carbons (Fsp3) is 0. The summed E-state index contributed by atoms with van der Waals surface area (Å²) in [4.78, 5) is 0. The van der Waals surface area contributed by atoms with E-state index in [1.807, 2.05) is 0 Å². The van der Waals surface area contributed by atoms with Gasteiger partial charge in [0.05, 0.1) is 0 Å². The monoisotopic (exact) mass is 114 g/mol. The molecule has 0 heterocycles. The quantitative estimate of drug-likeness (QED) is 0.304. The van der Waals surface area contributed by atoms with Gasteiger partial charge < -0.3 is 4.28 Å². The molecule has 0 rings (SSSR count). The van der Waals surface area contributed by atoms with Crippen molar-refractivity contribution in [1.82, 2.24) is 0 Å². The summed E-state index contributed by atoms with van der Waals surface area (Å²) in [5.74, 6) is 0. The molecular formula is H3CaLiOTi. The van der Waals surface area contributed by atoms with Gasteiger partial charge in [0.25, 0.3) is 0 Å². The summed E-state index contributed by atoms with van der Waals surface area (Å²) < 4.78 is 8.25. The van der Waals surface area contributed by atoms with Crippen LogP contribution >= 0.6 is 0 Å². The molecule has 0 bridgehead atoms. The van der Waals surface area contributed by atoms with Crippen molar-refractivity contribution in [1.29, 1.82) is 0 Å². The summed E-state index contributed by atoms with van der Waals surface area (Å²) >= 11 is 0.750. The van der Waals surface area contributed by atoms with Gasteiger partial charge >= 0.3 is 80.3 Å². The molecule has 0 spiro atoms. The van der Waals surface area contributed by atoms with E-state index in [0.717, 1.165) is 20.4 Å². The van der Waals surface area contributed by atoms with E-state index >= 15 is 0 Å². The molecule has 0 N–H and O–H groups in total. The summed E-state index contributed by atoms with van der Waals surface area (Å²) in [6.07, 6.45) is 0. The standard InChI is InChI=1S/Ca.Li.O.Ti.3H/q+2;+1;;;3*-1. The average molecular weight is 114 g/mol. The Labute approximate surface area is 83.3 Å². The zero-order valence-corrected chi connectivity index (χ0v) is 6.39. The van der Waals surface area contributed by atoms with Gasteiger partial charge in [0.1, 0.15) is 0 Å². The van der Waals surface area contributed by atoms with Crippen LogP contribution in [0.4, 0.5) is 0 Å². The van der Waals surface area contributed by atoms with Crippen LogP contribution in [0.3, 0.4) is 0 Å². The molecule has 0 aromatic rings. The third-order valence-corrected chi connectivity index (χ3v) is 0. The molecule has 16 valence electrons. The van der Waals surface area contributed by atoms with Crippen molar-refractivity contribution in [2.45, 2.75) is 0 Å². The van der Waals surface area contributed by atoms with Crippen LogP contribution in [-0.2, 0) is 23.7 Å². The van der Waals surface area contributed by atoms with Crippen LogP contribution in [0, 0.1) is 0 Å². The van der Waals surface area contributed by atoms with E-state index in [9.17, 15) is 0 Å². The molecule has 0 aliphatic heterocycles. The third kappa shape index (κ3) is 8.84. The molecule has 0 aliphatic rings. The molecule has 0 saturated heterocycles. The van der Waals surface area contributed by atoms with E-state index in [-0.39, 0.29) is 60.9 Å². The van der Waals surface area contributed by atoms with Crippen LogP contribution in [0.15, 0.2) is 0 Å². The Morgan fingerprint density at radius 2 is 1.50 bits per heavy atom. The second-order valence-electron chi connectivity index (χ2n) is 0. The van der Waals surface area contributed by atoms with E-state index in [2.05, 4.69) is 0 Å². The van der Waals surface area contributed by atoms with Crippen molar-refractivity contribution < 1.29 is 46.9 Å². The average Bonchev–Trinajstić information content (AvgIpc) is 1.00. The Morgan fingerprint density at radius 1 is 1.50 bits per heavy atom. The van der Waals surface area contributed by atoms with Crippen LogP contribution in [0.5, 0.6) is 0 Å².